The Balaban J connectivity index is 1.83. The highest BCUT2D eigenvalue weighted by atomic mass is 19.3. The molecule has 1 amide bonds. The minimum Gasteiger partial charge on any atom is -0.435 e. The molecule has 1 atom stereocenters. The largest absolute Gasteiger partial charge is 0.435 e. The van der Waals surface area contributed by atoms with Gasteiger partial charge in [-0.15, -0.1) is 0 Å². The van der Waals surface area contributed by atoms with Gasteiger partial charge in [-0.25, -0.2) is 0 Å². The van der Waals surface area contributed by atoms with E-state index in [1.54, 1.807) is 43.3 Å². The van der Waals surface area contributed by atoms with E-state index in [1.165, 1.54) is 18.3 Å². The molecular formula is C17H16F2N2O3. The molecule has 126 valence electrons. The topological polar surface area (TPSA) is 59.9 Å². The van der Waals surface area contributed by atoms with Gasteiger partial charge in [0.05, 0.1) is 6.21 Å². The van der Waals surface area contributed by atoms with Crippen molar-refractivity contribution in [3.8, 4) is 5.75 Å². The number of alkyl halides is 2. The van der Waals surface area contributed by atoms with Crippen molar-refractivity contribution in [2.45, 2.75) is 19.6 Å². The molecule has 2 aromatic carbocycles. The molecule has 0 aliphatic heterocycles. The lowest BCUT2D eigenvalue weighted by Crippen LogP contribution is -2.26. The fourth-order valence-electron chi connectivity index (χ4n) is 1.73. The van der Waals surface area contributed by atoms with E-state index in [1.807, 2.05) is 6.07 Å². The number of ether oxygens (including phenoxy) is 1. The first-order chi connectivity index (χ1) is 11.5. The summed E-state index contributed by atoms with van der Waals surface area (Å²) in [6.07, 6.45) is 0.584. The number of nitrogens with zero attached hydrogens (tertiary/aromatic N) is 1. The van der Waals surface area contributed by atoms with Crippen molar-refractivity contribution in [3.05, 3.63) is 60.2 Å². The Morgan fingerprint density at radius 3 is 2.42 bits per heavy atom. The van der Waals surface area contributed by atoms with Crippen LogP contribution < -0.4 is 10.1 Å². The Labute approximate surface area is 137 Å². The molecule has 0 saturated heterocycles. The predicted octanol–water partition coefficient (Wildman–Crippen LogP) is 3.67. The summed E-state index contributed by atoms with van der Waals surface area (Å²) in [7, 11) is 0. The van der Waals surface area contributed by atoms with Crippen LogP contribution in [0.4, 0.5) is 14.5 Å². The van der Waals surface area contributed by atoms with Gasteiger partial charge < -0.3 is 14.9 Å². The molecule has 0 heterocycles. The molecule has 0 fully saturated rings. The van der Waals surface area contributed by atoms with E-state index in [2.05, 4.69) is 15.2 Å². The van der Waals surface area contributed by atoms with Crippen LogP contribution >= 0.6 is 0 Å². The summed E-state index contributed by atoms with van der Waals surface area (Å²) in [5.74, 6) is -0.280. The standard InChI is InChI=1S/C17H16F2N2O3/c1-12(16(22)21-14-5-3-2-4-6-14)24-20-11-13-7-9-15(10-8-13)23-17(18)19/h2-12,17H,1H3,(H,21,22)/b20-11+. The molecule has 0 spiro atoms. The minimum absolute atomic E-state index is 0.0543. The molecule has 0 radical (unpaired) electrons. The lowest BCUT2D eigenvalue weighted by molar-refractivity contribution is -0.126. The summed E-state index contributed by atoms with van der Waals surface area (Å²) >= 11 is 0. The number of carbonyl (C=O) groups is 1. The fourth-order valence-corrected chi connectivity index (χ4v) is 1.73. The smallest absolute Gasteiger partial charge is 0.387 e. The molecule has 0 bridgehead atoms. The average molecular weight is 334 g/mol. The lowest BCUT2D eigenvalue weighted by Gasteiger charge is -2.10. The van der Waals surface area contributed by atoms with Crippen molar-refractivity contribution in [3.63, 3.8) is 0 Å². The summed E-state index contributed by atoms with van der Waals surface area (Å²) in [5, 5.41) is 6.41. The van der Waals surface area contributed by atoms with Crippen LogP contribution in [0.1, 0.15) is 12.5 Å². The van der Waals surface area contributed by atoms with Gasteiger partial charge >= 0.3 is 6.61 Å². The van der Waals surface area contributed by atoms with Gasteiger partial charge in [-0.1, -0.05) is 23.4 Å². The molecule has 5 nitrogen and oxygen atoms in total. The van der Waals surface area contributed by atoms with Gasteiger partial charge in [-0.2, -0.15) is 8.78 Å². The molecule has 1 N–H and O–H groups in total. The van der Waals surface area contributed by atoms with Crippen LogP contribution in [0.15, 0.2) is 59.8 Å². The molecule has 0 aromatic heterocycles. The van der Waals surface area contributed by atoms with Gasteiger partial charge in [0.2, 0.25) is 6.10 Å². The van der Waals surface area contributed by atoms with Gasteiger partial charge in [0, 0.05) is 5.69 Å². The van der Waals surface area contributed by atoms with Gasteiger partial charge in [-0.05, 0) is 48.9 Å². The minimum atomic E-state index is -2.86. The summed E-state index contributed by atoms with van der Waals surface area (Å²) in [6, 6.07) is 14.8. The lowest BCUT2D eigenvalue weighted by atomic mass is 10.2. The van der Waals surface area contributed by atoms with E-state index in [4.69, 9.17) is 4.84 Å². The number of oxime groups is 1. The summed E-state index contributed by atoms with van der Waals surface area (Å²) < 4.78 is 28.3. The highest BCUT2D eigenvalue weighted by Gasteiger charge is 2.13. The van der Waals surface area contributed by atoms with Crippen molar-refractivity contribution in [2.75, 3.05) is 5.32 Å². The van der Waals surface area contributed by atoms with Gasteiger partial charge in [-0.3, -0.25) is 4.79 Å². The number of hydrogen-bond donors (Lipinski definition) is 1. The van der Waals surface area contributed by atoms with E-state index in [9.17, 15) is 13.6 Å². The third-order valence-corrected chi connectivity index (χ3v) is 2.94. The van der Waals surface area contributed by atoms with Crippen molar-refractivity contribution < 1.29 is 23.1 Å². The number of amides is 1. The molecule has 24 heavy (non-hydrogen) atoms. The Morgan fingerprint density at radius 2 is 1.79 bits per heavy atom. The first-order valence-corrected chi connectivity index (χ1v) is 7.14. The Bertz CT molecular complexity index is 676. The number of carbonyl (C=O) groups excluding carboxylic acids is 1. The monoisotopic (exact) mass is 334 g/mol. The van der Waals surface area contributed by atoms with Crippen molar-refractivity contribution in [1.29, 1.82) is 0 Å². The molecule has 2 rings (SSSR count). The van der Waals surface area contributed by atoms with E-state index in [0.717, 1.165) is 0 Å². The Hall–Kier alpha value is -2.96. The quantitative estimate of drug-likeness (QED) is 0.621. The zero-order valence-electron chi connectivity index (χ0n) is 12.9. The predicted molar refractivity (Wildman–Crippen MR) is 86.3 cm³/mol. The zero-order valence-corrected chi connectivity index (χ0v) is 12.9. The highest BCUT2D eigenvalue weighted by molar-refractivity contribution is 5.93. The fraction of sp³-hybridized carbons (Fsp3) is 0.176. The van der Waals surface area contributed by atoms with Crippen molar-refractivity contribution in [1.82, 2.24) is 0 Å². The van der Waals surface area contributed by atoms with Crippen LogP contribution in [0.3, 0.4) is 0 Å². The first-order valence-electron chi connectivity index (χ1n) is 7.14. The van der Waals surface area contributed by atoms with Gasteiger partial charge in [0.15, 0.2) is 0 Å². The first kappa shape index (κ1) is 17.4. The SMILES string of the molecule is CC(O/N=C/c1ccc(OC(F)F)cc1)C(=O)Nc1ccccc1. The Morgan fingerprint density at radius 1 is 1.12 bits per heavy atom. The normalized spacial score (nSPS) is 12.2. The third kappa shape index (κ3) is 5.68. The highest BCUT2D eigenvalue weighted by Crippen LogP contribution is 2.14. The molecule has 1 unspecified atom stereocenters. The second-order valence-electron chi connectivity index (χ2n) is 4.78. The molecule has 7 heteroatoms. The molecule has 2 aromatic rings. The van der Waals surface area contributed by atoms with Crippen LogP contribution in [0.2, 0.25) is 0 Å². The van der Waals surface area contributed by atoms with Crippen LogP contribution in [0.5, 0.6) is 5.75 Å². The average Bonchev–Trinajstić information content (AvgIpc) is 2.56. The number of anilines is 1. The second kappa shape index (κ2) is 8.61. The molecular weight excluding hydrogens is 318 g/mol. The zero-order chi connectivity index (χ0) is 17.4. The van der Waals surface area contributed by atoms with Crippen LogP contribution in [0, 0.1) is 0 Å². The van der Waals surface area contributed by atoms with Gasteiger partial charge in [0.1, 0.15) is 5.75 Å². The maximum absolute atomic E-state index is 12.0. The van der Waals surface area contributed by atoms with E-state index < -0.39 is 12.7 Å². The Kier molecular flexibility index (Phi) is 6.24. The van der Waals surface area contributed by atoms with Crippen LogP contribution in [-0.4, -0.2) is 24.8 Å². The van der Waals surface area contributed by atoms with Crippen molar-refractivity contribution in [2.24, 2.45) is 5.16 Å². The maximum Gasteiger partial charge on any atom is 0.387 e. The summed E-state index contributed by atoms with van der Waals surface area (Å²) in [6.45, 7) is -1.30. The summed E-state index contributed by atoms with van der Waals surface area (Å²) in [5.41, 5.74) is 1.28. The van der Waals surface area contributed by atoms with Crippen LogP contribution in [0.25, 0.3) is 0 Å². The van der Waals surface area contributed by atoms with Gasteiger partial charge in [0.25, 0.3) is 5.91 Å². The molecule has 0 aliphatic rings. The van der Waals surface area contributed by atoms with E-state index in [0.29, 0.717) is 11.3 Å². The second-order valence-corrected chi connectivity index (χ2v) is 4.78. The molecule has 0 saturated carbocycles. The maximum atomic E-state index is 12.0. The van der Waals surface area contributed by atoms with E-state index >= 15 is 0 Å². The number of rotatable bonds is 7. The number of para-hydroxylation sites is 1. The number of benzene rings is 2. The van der Waals surface area contributed by atoms with Crippen molar-refractivity contribution >= 4 is 17.8 Å². The molecule has 0 aliphatic carbocycles. The van der Waals surface area contributed by atoms with Crippen LogP contribution in [-0.2, 0) is 9.63 Å². The third-order valence-electron chi connectivity index (χ3n) is 2.94. The number of hydrogen-bond acceptors (Lipinski definition) is 4. The summed E-state index contributed by atoms with van der Waals surface area (Å²) in [4.78, 5) is 17.0. The van der Waals surface area contributed by atoms with E-state index in [-0.39, 0.29) is 11.7 Å². The number of halogens is 2. The number of nitrogens with one attached hydrogen (secondary N) is 1.